The summed E-state index contributed by atoms with van der Waals surface area (Å²) in [5.41, 5.74) is 4.46. The number of nitrogen functional groups attached to an aromatic ring is 1. The van der Waals surface area contributed by atoms with E-state index in [0.717, 1.165) is 44.1 Å². The molecule has 2 N–H and O–H groups in total. The number of nitrogens with zero attached hydrogens (tertiary/aromatic N) is 4. The zero-order chi connectivity index (χ0) is 38.1. The van der Waals surface area contributed by atoms with Crippen molar-refractivity contribution in [2.24, 2.45) is 0 Å². The molecule has 0 spiro atoms. The Morgan fingerprint density at radius 2 is 1.42 bits per heavy atom. The number of anilines is 1. The Hall–Kier alpha value is -3.98. The van der Waals surface area contributed by atoms with Gasteiger partial charge in [0.25, 0.3) is 0 Å². The third-order valence-electron chi connectivity index (χ3n) is 7.65. The van der Waals surface area contributed by atoms with Crippen molar-refractivity contribution < 1.29 is 38.1 Å². The molecule has 1 aromatic carbocycles. The number of carbonyl (C=O) groups excluding carboxylic acids is 3. The molecule has 52 heavy (non-hydrogen) atoms. The number of ether oxygens (including phenoxy) is 5. The van der Waals surface area contributed by atoms with Crippen LogP contribution in [0.25, 0.3) is 0 Å². The van der Waals surface area contributed by atoms with Crippen molar-refractivity contribution in [1.29, 1.82) is 0 Å². The largest absolute Gasteiger partial charge is 0.508 e. The van der Waals surface area contributed by atoms with E-state index in [1.807, 2.05) is 71.9 Å². The van der Waals surface area contributed by atoms with E-state index in [9.17, 15) is 19.2 Å². The lowest BCUT2D eigenvalue weighted by molar-refractivity contribution is -0.0239. The van der Waals surface area contributed by atoms with Gasteiger partial charge in [-0.3, -0.25) is 4.57 Å². The summed E-state index contributed by atoms with van der Waals surface area (Å²) in [7, 11) is 0. The Bertz CT molecular complexity index is 1460. The standard InChI is InChI=1S/C37H57N5O9S/c1-36(2,3)50-33(44)40(21-14-10-15-22-41(34(45)51-37(4,5)6)25-28-17-11-9-12-18-28)20-13-7-8-16-24-47-35(46)48-26-31-49-30(27-52-31)42-23-19-29(38)39-32(42)43/h9,11-12,17-19,23,30-31H,7-8,10,13-16,20-22,24-27H2,1-6H3,(H2,38,39,43)/t30-,31+/m0/s1. The van der Waals surface area contributed by atoms with Gasteiger partial charge in [-0.1, -0.05) is 36.8 Å². The lowest BCUT2D eigenvalue weighted by atomic mass is 10.1. The van der Waals surface area contributed by atoms with Gasteiger partial charge in [0.15, 0.2) is 0 Å². The molecule has 0 bridgehead atoms. The molecule has 0 aliphatic carbocycles. The molecule has 3 rings (SSSR count). The summed E-state index contributed by atoms with van der Waals surface area (Å²) in [5.74, 6) is 0.643. The van der Waals surface area contributed by atoms with Crippen LogP contribution in [0.1, 0.15) is 98.3 Å². The average molecular weight is 748 g/mol. The highest BCUT2D eigenvalue weighted by molar-refractivity contribution is 8.00. The highest BCUT2D eigenvalue weighted by Crippen LogP contribution is 2.31. The molecule has 1 fully saturated rings. The SMILES string of the molecule is CC(C)(C)OC(=O)N(CCCCCCOC(=O)OC[C@@H]1O[C@H](n2ccc(N)nc2=O)CS1)CCCCCN(Cc1ccccc1)C(=O)OC(C)(C)C. The van der Waals surface area contributed by atoms with Crippen LogP contribution in [0.2, 0.25) is 0 Å². The number of rotatable bonds is 18. The van der Waals surface area contributed by atoms with Gasteiger partial charge in [-0.05, 0) is 91.7 Å². The third kappa shape index (κ3) is 16.6. The minimum atomic E-state index is -0.774. The van der Waals surface area contributed by atoms with Gasteiger partial charge in [-0.2, -0.15) is 4.98 Å². The Morgan fingerprint density at radius 1 is 0.846 bits per heavy atom. The summed E-state index contributed by atoms with van der Waals surface area (Å²) in [4.78, 5) is 57.3. The first-order valence-electron chi connectivity index (χ1n) is 18.0. The van der Waals surface area contributed by atoms with Crippen molar-refractivity contribution in [3.05, 3.63) is 58.6 Å². The van der Waals surface area contributed by atoms with Gasteiger partial charge < -0.3 is 39.2 Å². The Kier molecular flexibility index (Phi) is 17.1. The van der Waals surface area contributed by atoms with Crippen LogP contribution in [0, 0.1) is 0 Å². The second-order valence-electron chi connectivity index (χ2n) is 14.6. The van der Waals surface area contributed by atoms with E-state index in [1.54, 1.807) is 9.80 Å². The van der Waals surface area contributed by atoms with Crippen LogP contribution in [0.5, 0.6) is 0 Å². The molecule has 1 aliphatic heterocycles. The normalized spacial score (nSPS) is 15.9. The van der Waals surface area contributed by atoms with Crippen LogP contribution >= 0.6 is 11.8 Å². The van der Waals surface area contributed by atoms with Crippen molar-refractivity contribution in [1.82, 2.24) is 19.4 Å². The van der Waals surface area contributed by atoms with Crippen LogP contribution in [0.15, 0.2) is 47.4 Å². The number of aromatic nitrogens is 2. The molecular formula is C37H57N5O9S. The fourth-order valence-electron chi connectivity index (χ4n) is 5.18. The number of hydrogen-bond donors (Lipinski definition) is 1. The molecular weight excluding hydrogens is 690 g/mol. The molecule has 290 valence electrons. The second kappa shape index (κ2) is 20.9. The lowest BCUT2D eigenvalue weighted by Gasteiger charge is -2.28. The summed E-state index contributed by atoms with van der Waals surface area (Å²) in [6.45, 7) is 13.5. The van der Waals surface area contributed by atoms with Crippen molar-refractivity contribution in [3.63, 3.8) is 0 Å². The van der Waals surface area contributed by atoms with E-state index >= 15 is 0 Å². The number of unbranched alkanes of at least 4 members (excludes halogenated alkanes) is 5. The summed E-state index contributed by atoms with van der Waals surface area (Å²) in [5, 5.41) is 0. The summed E-state index contributed by atoms with van der Waals surface area (Å²) < 4.78 is 28.9. The molecule has 2 heterocycles. The summed E-state index contributed by atoms with van der Waals surface area (Å²) in [6.07, 6.45) is 5.00. The fourth-order valence-corrected chi connectivity index (χ4v) is 6.17. The first-order valence-corrected chi connectivity index (χ1v) is 19.1. The first-order chi connectivity index (χ1) is 24.6. The number of hydrogen-bond acceptors (Lipinski definition) is 12. The maximum Gasteiger partial charge on any atom is 0.508 e. The van der Waals surface area contributed by atoms with Crippen LogP contribution in [-0.2, 0) is 30.2 Å². The zero-order valence-electron chi connectivity index (χ0n) is 31.5. The molecule has 14 nitrogen and oxygen atoms in total. The number of carbonyl (C=O) groups is 3. The van der Waals surface area contributed by atoms with E-state index in [0.29, 0.717) is 38.4 Å². The third-order valence-corrected chi connectivity index (χ3v) is 8.75. The smallest absolute Gasteiger partial charge is 0.444 e. The van der Waals surface area contributed by atoms with Crippen LogP contribution < -0.4 is 11.4 Å². The molecule has 1 saturated heterocycles. The molecule has 0 saturated carbocycles. The second-order valence-corrected chi connectivity index (χ2v) is 15.8. The highest BCUT2D eigenvalue weighted by atomic mass is 32.2. The van der Waals surface area contributed by atoms with Gasteiger partial charge in [-0.25, -0.2) is 19.2 Å². The molecule has 2 aromatic rings. The molecule has 2 amide bonds. The van der Waals surface area contributed by atoms with E-state index < -0.39 is 34.7 Å². The van der Waals surface area contributed by atoms with E-state index in [4.69, 9.17) is 29.4 Å². The molecule has 1 aliphatic rings. The molecule has 0 radical (unpaired) electrons. The molecule has 0 unspecified atom stereocenters. The van der Waals surface area contributed by atoms with Crippen LogP contribution in [-0.4, -0.2) is 92.9 Å². The predicted octanol–water partition coefficient (Wildman–Crippen LogP) is 6.97. The predicted molar refractivity (Wildman–Crippen MR) is 200 cm³/mol. The van der Waals surface area contributed by atoms with Gasteiger partial charge in [0.2, 0.25) is 0 Å². The number of thioether (sulfide) groups is 1. The Balaban J connectivity index is 1.33. The van der Waals surface area contributed by atoms with Gasteiger partial charge >= 0.3 is 24.0 Å². The Morgan fingerprint density at radius 3 is 2.04 bits per heavy atom. The van der Waals surface area contributed by atoms with Crippen molar-refractivity contribution >= 4 is 35.9 Å². The molecule has 2 atom stereocenters. The molecule has 15 heteroatoms. The van der Waals surface area contributed by atoms with E-state index in [-0.39, 0.29) is 31.2 Å². The maximum atomic E-state index is 13.0. The van der Waals surface area contributed by atoms with Gasteiger partial charge in [0.1, 0.15) is 35.3 Å². The highest BCUT2D eigenvalue weighted by Gasteiger charge is 2.29. The zero-order valence-corrected chi connectivity index (χ0v) is 32.4. The minimum absolute atomic E-state index is 0.00661. The average Bonchev–Trinajstić information content (AvgIpc) is 3.52. The topological polar surface area (TPSA) is 165 Å². The van der Waals surface area contributed by atoms with Gasteiger partial charge in [-0.15, -0.1) is 11.8 Å². The maximum absolute atomic E-state index is 13.0. The number of benzene rings is 1. The van der Waals surface area contributed by atoms with Gasteiger partial charge in [0, 0.05) is 38.1 Å². The van der Waals surface area contributed by atoms with Crippen LogP contribution in [0.4, 0.5) is 20.2 Å². The summed E-state index contributed by atoms with van der Waals surface area (Å²) in [6, 6.07) is 11.4. The lowest BCUT2D eigenvalue weighted by Crippen LogP contribution is -2.38. The summed E-state index contributed by atoms with van der Waals surface area (Å²) >= 11 is 1.43. The van der Waals surface area contributed by atoms with Crippen LogP contribution in [0.3, 0.4) is 0 Å². The van der Waals surface area contributed by atoms with E-state index in [2.05, 4.69) is 4.98 Å². The van der Waals surface area contributed by atoms with Crippen molar-refractivity contribution in [2.75, 3.05) is 44.3 Å². The van der Waals surface area contributed by atoms with E-state index in [1.165, 1.54) is 28.6 Å². The minimum Gasteiger partial charge on any atom is -0.444 e. The number of nitrogens with two attached hydrogens (primary N) is 1. The molecule has 1 aromatic heterocycles. The van der Waals surface area contributed by atoms with Crippen molar-refractivity contribution in [2.45, 2.75) is 116 Å². The Labute approximate surface area is 311 Å². The van der Waals surface area contributed by atoms with Crippen molar-refractivity contribution in [3.8, 4) is 0 Å². The quantitative estimate of drug-likeness (QED) is 0.0947. The monoisotopic (exact) mass is 747 g/mol. The fraction of sp³-hybridized carbons (Fsp3) is 0.649. The number of amides is 2. The first kappa shape index (κ1) is 42.4. The van der Waals surface area contributed by atoms with Gasteiger partial charge in [0.05, 0.1) is 6.61 Å².